The van der Waals surface area contributed by atoms with E-state index in [9.17, 15) is 5.11 Å². The zero-order valence-corrected chi connectivity index (χ0v) is 17.8. The summed E-state index contributed by atoms with van der Waals surface area (Å²) in [6.45, 7) is 5.80. The van der Waals surface area contributed by atoms with Gasteiger partial charge in [-0.05, 0) is 37.1 Å². The predicted octanol–water partition coefficient (Wildman–Crippen LogP) is 3.01. The Labute approximate surface area is 172 Å². The minimum atomic E-state index is -1.12. The fourth-order valence-electron chi connectivity index (χ4n) is 2.44. The molecule has 144 valence electrons. The highest BCUT2D eigenvalue weighted by Crippen LogP contribution is 2.19. The van der Waals surface area contributed by atoms with Crippen molar-refractivity contribution in [1.82, 2.24) is 10.6 Å². The van der Waals surface area contributed by atoms with Crippen molar-refractivity contribution in [2.45, 2.75) is 32.6 Å². The zero-order valence-electron chi connectivity index (χ0n) is 15.5. The fraction of sp³-hybridized carbons (Fsp3) is 0.421. The van der Waals surface area contributed by atoms with Gasteiger partial charge in [-0.1, -0.05) is 24.3 Å². The number of rotatable bonds is 8. The molecule has 7 heteroatoms. The lowest BCUT2D eigenvalue weighted by atomic mass is 10.0. The highest BCUT2D eigenvalue weighted by Gasteiger charge is 2.26. The maximum absolute atomic E-state index is 10.5. The van der Waals surface area contributed by atoms with Crippen LogP contribution in [0.1, 0.15) is 30.7 Å². The Kier molecular flexibility index (Phi) is 9.68. The maximum atomic E-state index is 10.5. The van der Waals surface area contributed by atoms with Gasteiger partial charge in [0.1, 0.15) is 11.4 Å². The Bertz CT molecular complexity index is 672. The van der Waals surface area contributed by atoms with Gasteiger partial charge in [0.05, 0.1) is 26.0 Å². The SMILES string of the molecule is CCNC(=NCc1ccccc1COC)NCC(C)(O)c1ccco1.I. The van der Waals surface area contributed by atoms with Gasteiger partial charge in [-0.25, -0.2) is 4.99 Å². The summed E-state index contributed by atoms with van der Waals surface area (Å²) >= 11 is 0. The number of aliphatic hydroxyl groups is 1. The third-order valence-corrected chi connectivity index (χ3v) is 3.82. The van der Waals surface area contributed by atoms with E-state index in [1.165, 1.54) is 0 Å². The molecule has 1 unspecified atom stereocenters. The second kappa shape index (κ2) is 11.2. The number of guanidine groups is 1. The minimum Gasteiger partial charge on any atom is -0.466 e. The van der Waals surface area contributed by atoms with Crippen LogP contribution < -0.4 is 10.6 Å². The molecule has 1 aromatic carbocycles. The molecule has 0 saturated carbocycles. The van der Waals surface area contributed by atoms with Crippen LogP contribution in [0.25, 0.3) is 0 Å². The molecule has 6 nitrogen and oxygen atoms in total. The highest BCUT2D eigenvalue weighted by atomic mass is 127. The molecule has 0 spiro atoms. The van der Waals surface area contributed by atoms with Gasteiger partial charge in [0.25, 0.3) is 0 Å². The van der Waals surface area contributed by atoms with Crippen LogP contribution in [0.2, 0.25) is 0 Å². The lowest BCUT2D eigenvalue weighted by Gasteiger charge is -2.22. The number of methoxy groups -OCH3 is 1. The van der Waals surface area contributed by atoms with Crippen molar-refractivity contribution < 1.29 is 14.3 Å². The van der Waals surface area contributed by atoms with Gasteiger partial charge in [0.15, 0.2) is 5.96 Å². The van der Waals surface area contributed by atoms with Crippen LogP contribution in [0.3, 0.4) is 0 Å². The van der Waals surface area contributed by atoms with E-state index >= 15 is 0 Å². The van der Waals surface area contributed by atoms with E-state index in [1.54, 1.807) is 32.4 Å². The molecule has 0 aliphatic rings. The lowest BCUT2D eigenvalue weighted by molar-refractivity contribution is 0.0386. The van der Waals surface area contributed by atoms with Crippen molar-refractivity contribution in [3.05, 3.63) is 59.5 Å². The van der Waals surface area contributed by atoms with Gasteiger partial charge in [0, 0.05) is 13.7 Å². The summed E-state index contributed by atoms with van der Waals surface area (Å²) in [6, 6.07) is 11.6. The zero-order chi connectivity index (χ0) is 18.1. The number of nitrogens with one attached hydrogen (secondary N) is 2. The monoisotopic (exact) mass is 473 g/mol. The fourth-order valence-corrected chi connectivity index (χ4v) is 2.44. The highest BCUT2D eigenvalue weighted by molar-refractivity contribution is 14.0. The number of halogens is 1. The third-order valence-electron chi connectivity index (χ3n) is 3.82. The van der Waals surface area contributed by atoms with Crippen LogP contribution in [0.5, 0.6) is 0 Å². The number of benzene rings is 1. The molecule has 1 aromatic heterocycles. The van der Waals surface area contributed by atoms with Crippen molar-refractivity contribution in [3.63, 3.8) is 0 Å². The maximum Gasteiger partial charge on any atom is 0.191 e. The summed E-state index contributed by atoms with van der Waals surface area (Å²) in [4.78, 5) is 4.61. The van der Waals surface area contributed by atoms with Gasteiger partial charge < -0.3 is 24.9 Å². The van der Waals surface area contributed by atoms with Crippen molar-refractivity contribution in [2.24, 2.45) is 4.99 Å². The van der Waals surface area contributed by atoms with Crippen LogP contribution in [0, 0.1) is 0 Å². The number of aliphatic imine (C=N–C) groups is 1. The molecular formula is C19H28IN3O3. The Hall–Kier alpha value is -1.58. The summed E-state index contributed by atoms with van der Waals surface area (Å²) in [7, 11) is 1.68. The van der Waals surface area contributed by atoms with Crippen molar-refractivity contribution in [3.8, 4) is 0 Å². The van der Waals surface area contributed by atoms with Crippen LogP contribution in [-0.4, -0.2) is 31.3 Å². The molecule has 3 N–H and O–H groups in total. The first kappa shape index (κ1) is 22.5. The van der Waals surface area contributed by atoms with Gasteiger partial charge in [-0.15, -0.1) is 24.0 Å². The number of nitrogens with zero attached hydrogens (tertiary/aromatic N) is 1. The molecule has 0 aliphatic heterocycles. The molecule has 0 radical (unpaired) electrons. The second-order valence-electron chi connectivity index (χ2n) is 6.00. The molecule has 0 saturated heterocycles. The van der Waals surface area contributed by atoms with Gasteiger partial charge >= 0.3 is 0 Å². The molecule has 0 amide bonds. The molecule has 1 heterocycles. The number of furan rings is 1. The first-order valence-corrected chi connectivity index (χ1v) is 8.41. The van der Waals surface area contributed by atoms with Gasteiger partial charge in [-0.3, -0.25) is 0 Å². The van der Waals surface area contributed by atoms with Crippen LogP contribution in [0.15, 0.2) is 52.1 Å². The summed E-state index contributed by atoms with van der Waals surface area (Å²) in [6.07, 6.45) is 1.55. The average molecular weight is 473 g/mol. The predicted molar refractivity (Wildman–Crippen MR) is 114 cm³/mol. The minimum absolute atomic E-state index is 0. The van der Waals surface area contributed by atoms with E-state index in [4.69, 9.17) is 9.15 Å². The Morgan fingerprint density at radius 2 is 1.92 bits per heavy atom. The number of hydrogen-bond acceptors (Lipinski definition) is 4. The number of ether oxygens (including phenoxy) is 1. The van der Waals surface area contributed by atoms with Gasteiger partial charge in [0.2, 0.25) is 0 Å². The quantitative estimate of drug-likeness (QED) is 0.312. The number of hydrogen-bond donors (Lipinski definition) is 3. The van der Waals surface area contributed by atoms with Crippen LogP contribution in [-0.2, 0) is 23.5 Å². The first-order chi connectivity index (χ1) is 12.1. The standard InChI is InChI=1S/C19H27N3O3.HI/c1-4-20-18(22-14-19(2,23)17-10-7-11-25-17)21-12-15-8-5-6-9-16(15)13-24-3;/h5-11,23H,4,12-14H2,1-3H3,(H2,20,21,22);1H. The smallest absolute Gasteiger partial charge is 0.191 e. The Balaban J connectivity index is 0.00000338. The van der Waals surface area contributed by atoms with E-state index < -0.39 is 5.60 Å². The summed E-state index contributed by atoms with van der Waals surface area (Å²) < 4.78 is 10.5. The third kappa shape index (κ3) is 6.62. The van der Waals surface area contributed by atoms with E-state index in [1.807, 2.05) is 31.2 Å². The van der Waals surface area contributed by atoms with Crippen molar-refractivity contribution >= 4 is 29.9 Å². The molecular weight excluding hydrogens is 445 g/mol. The lowest BCUT2D eigenvalue weighted by Crippen LogP contribution is -2.44. The molecule has 2 rings (SSSR count). The van der Waals surface area contributed by atoms with E-state index in [2.05, 4.69) is 15.6 Å². The topological polar surface area (TPSA) is 79.0 Å². The summed E-state index contributed by atoms with van der Waals surface area (Å²) in [5, 5.41) is 16.9. The summed E-state index contributed by atoms with van der Waals surface area (Å²) in [5.74, 6) is 1.16. The van der Waals surface area contributed by atoms with E-state index in [-0.39, 0.29) is 30.5 Å². The second-order valence-corrected chi connectivity index (χ2v) is 6.00. The van der Waals surface area contributed by atoms with Crippen LogP contribution >= 0.6 is 24.0 Å². The van der Waals surface area contributed by atoms with Crippen LogP contribution in [0.4, 0.5) is 0 Å². The molecule has 1 atom stereocenters. The Morgan fingerprint density at radius 3 is 2.54 bits per heavy atom. The molecule has 0 bridgehead atoms. The largest absolute Gasteiger partial charge is 0.466 e. The average Bonchev–Trinajstić information content (AvgIpc) is 3.14. The molecule has 26 heavy (non-hydrogen) atoms. The molecule has 0 aliphatic carbocycles. The van der Waals surface area contributed by atoms with Crippen molar-refractivity contribution in [2.75, 3.05) is 20.2 Å². The summed E-state index contributed by atoms with van der Waals surface area (Å²) in [5.41, 5.74) is 1.11. The van der Waals surface area contributed by atoms with Crippen molar-refractivity contribution in [1.29, 1.82) is 0 Å². The molecule has 0 fully saturated rings. The Morgan fingerprint density at radius 1 is 1.19 bits per heavy atom. The first-order valence-electron chi connectivity index (χ1n) is 8.41. The molecule has 2 aromatic rings. The van der Waals surface area contributed by atoms with E-state index in [0.29, 0.717) is 24.9 Å². The van der Waals surface area contributed by atoms with E-state index in [0.717, 1.165) is 17.7 Å². The van der Waals surface area contributed by atoms with Gasteiger partial charge in [-0.2, -0.15) is 0 Å². The normalized spacial score (nSPS) is 13.6.